The zero-order valence-corrected chi connectivity index (χ0v) is 11.3. The van der Waals surface area contributed by atoms with Crippen molar-refractivity contribution in [2.75, 3.05) is 18.2 Å². The van der Waals surface area contributed by atoms with E-state index in [1.165, 1.54) is 19.2 Å². The van der Waals surface area contributed by atoms with Crippen LogP contribution in [0.1, 0.15) is 10.5 Å². The number of carboxylic acids is 1. The number of aromatic nitrogens is 1. The summed E-state index contributed by atoms with van der Waals surface area (Å²) in [4.78, 5) is 14.8. The second-order valence-corrected chi connectivity index (χ2v) is 4.32. The molecule has 0 aliphatic carbocycles. The maximum absolute atomic E-state index is 10.9. The molecule has 6 nitrogen and oxygen atoms in total. The molecule has 0 saturated carbocycles. The molecular weight excluding hydrogens is 282 g/mol. The maximum atomic E-state index is 10.9. The number of nitrogens with two attached hydrogens (primary N) is 1. The van der Waals surface area contributed by atoms with E-state index in [-0.39, 0.29) is 11.5 Å². The minimum atomic E-state index is -1.12. The van der Waals surface area contributed by atoms with Gasteiger partial charge < -0.3 is 20.9 Å². The van der Waals surface area contributed by atoms with Crippen molar-refractivity contribution < 1.29 is 14.6 Å². The third-order valence-electron chi connectivity index (χ3n) is 2.56. The minimum absolute atomic E-state index is 0.0960. The van der Waals surface area contributed by atoms with E-state index in [0.717, 1.165) is 0 Å². The molecule has 7 heteroatoms. The Bertz CT molecular complexity index is 661. The molecule has 0 unspecified atom stereocenters. The molecule has 0 bridgehead atoms. The molecule has 0 aliphatic heterocycles. The average Bonchev–Trinajstić information content (AvgIpc) is 2.41. The van der Waals surface area contributed by atoms with E-state index >= 15 is 0 Å². The van der Waals surface area contributed by atoms with Crippen LogP contribution in [0.25, 0.3) is 0 Å². The summed E-state index contributed by atoms with van der Waals surface area (Å²) in [6.45, 7) is 0. The first-order valence-corrected chi connectivity index (χ1v) is 5.99. The molecule has 0 aliphatic rings. The number of anilines is 3. The highest BCUT2D eigenvalue weighted by Gasteiger charge is 2.09. The van der Waals surface area contributed by atoms with Gasteiger partial charge in [-0.3, -0.25) is 0 Å². The Labute approximate surface area is 120 Å². The monoisotopic (exact) mass is 293 g/mol. The fourth-order valence-corrected chi connectivity index (χ4v) is 1.83. The highest BCUT2D eigenvalue weighted by atomic mass is 35.5. The molecule has 2 aromatic rings. The van der Waals surface area contributed by atoms with Crippen molar-refractivity contribution in [2.45, 2.75) is 0 Å². The highest BCUT2D eigenvalue weighted by Crippen LogP contribution is 2.29. The van der Waals surface area contributed by atoms with E-state index in [0.29, 0.717) is 22.1 Å². The largest absolute Gasteiger partial charge is 0.495 e. The van der Waals surface area contributed by atoms with Crippen LogP contribution in [0, 0.1) is 0 Å². The van der Waals surface area contributed by atoms with Gasteiger partial charge in [0.25, 0.3) is 0 Å². The number of carbonyl (C=O) groups is 1. The normalized spacial score (nSPS) is 10.1. The van der Waals surface area contributed by atoms with Crippen LogP contribution in [0.15, 0.2) is 30.3 Å². The molecule has 1 aromatic carbocycles. The van der Waals surface area contributed by atoms with Crippen molar-refractivity contribution in [1.82, 2.24) is 4.98 Å². The van der Waals surface area contributed by atoms with Crippen LogP contribution in [-0.4, -0.2) is 23.2 Å². The van der Waals surface area contributed by atoms with Crippen molar-refractivity contribution in [2.24, 2.45) is 0 Å². The maximum Gasteiger partial charge on any atom is 0.354 e. The van der Waals surface area contributed by atoms with Crippen LogP contribution >= 0.6 is 11.6 Å². The van der Waals surface area contributed by atoms with Crippen LogP contribution in [0.4, 0.5) is 17.2 Å². The molecule has 4 N–H and O–H groups in total. The molecule has 0 radical (unpaired) electrons. The number of nitrogens with one attached hydrogen (secondary N) is 1. The van der Waals surface area contributed by atoms with Crippen molar-refractivity contribution >= 4 is 34.8 Å². The number of carboxylic acid groups (broad SMARTS) is 1. The number of rotatable bonds is 4. The zero-order valence-electron chi connectivity index (χ0n) is 10.6. The standard InChI is InChI=1S/C13H12ClN3O3/c1-20-11-5-2-7(6-8(11)14)16-12-9(15)3-4-10(17-12)13(18)19/h2-6H,15H2,1H3,(H,16,17)(H,18,19). The lowest BCUT2D eigenvalue weighted by atomic mass is 10.2. The summed E-state index contributed by atoms with van der Waals surface area (Å²) in [5, 5.41) is 12.3. The van der Waals surface area contributed by atoms with Crippen LogP contribution in [0.2, 0.25) is 5.02 Å². The topological polar surface area (TPSA) is 97.5 Å². The van der Waals surface area contributed by atoms with Crippen molar-refractivity contribution in [3.8, 4) is 5.75 Å². The van der Waals surface area contributed by atoms with E-state index in [2.05, 4.69) is 10.3 Å². The average molecular weight is 294 g/mol. The van der Waals surface area contributed by atoms with Gasteiger partial charge in [-0.05, 0) is 30.3 Å². The second-order valence-electron chi connectivity index (χ2n) is 3.91. The molecule has 0 atom stereocenters. The minimum Gasteiger partial charge on any atom is -0.495 e. The Kier molecular flexibility index (Phi) is 3.95. The number of halogens is 1. The quantitative estimate of drug-likeness (QED) is 0.802. The number of hydrogen-bond acceptors (Lipinski definition) is 5. The number of ether oxygens (including phenoxy) is 1. The Morgan fingerprint density at radius 3 is 2.75 bits per heavy atom. The first-order chi connectivity index (χ1) is 9.51. The highest BCUT2D eigenvalue weighted by molar-refractivity contribution is 6.32. The summed E-state index contributed by atoms with van der Waals surface area (Å²) in [7, 11) is 1.52. The van der Waals surface area contributed by atoms with Crippen molar-refractivity contribution in [3.63, 3.8) is 0 Å². The number of hydrogen-bond donors (Lipinski definition) is 3. The zero-order chi connectivity index (χ0) is 14.7. The van der Waals surface area contributed by atoms with Gasteiger partial charge in [0.15, 0.2) is 11.5 Å². The van der Waals surface area contributed by atoms with Crippen molar-refractivity contribution in [3.05, 3.63) is 41.0 Å². The third kappa shape index (κ3) is 2.92. The lowest BCUT2D eigenvalue weighted by Crippen LogP contribution is -2.05. The summed E-state index contributed by atoms with van der Waals surface area (Å²) in [6.07, 6.45) is 0. The fourth-order valence-electron chi connectivity index (χ4n) is 1.57. The second kappa shape index (κ2) is 5.66. The Hall–Kier alpha value is -2.47. The summed E-state index contributed by atoms with van der Waals surface area (Å²) >= 11 is 6.01. The number of nitrogen functional groups attached to an aromatic ring is 1. The first kappa shape index (κ1) is 14.0. The smallest absolute Gasteiger partial charge is 0.354 e. The Morgan fingerprint density at radius 1 is 1.40 bits per heavy atom. The molecule has 0 spiro atoms. The molecule has 2 rings (SSSR count). The SMILES string of the molecule is COc1ccc(Nc2nc(C(=O)O)ccc2N)cc1Cl. The van der Waals surface area contributed by atoms with Crippen LogP contribution in [0.3, 0.4) is 0 Å². The number of pyridine rings is 1. The molecule has 0 saturated heterocycles. The van der Waals surface area contributed by atoms with E-state index in [1.54, 1.807) is 18.2 Å². The Balaban J connectivity index is 2.32. The summed E-state index contributed by atoms with van der Waals surface area (Å²) in [5.74, 6) is -0.329. The van der Waals surface area contributed by atoms with E-state index in [4.69, 9.17) is 27.2 Å². The molecular formula is C13H12ClN3O3. The fraction of sp³-hybridized carbons (Fsp3) is 0.0769. The van der Waals surface area contributed by atoms with Gasteiger partial charge in [-0.25, -0.2) is 9.78 Å². The molecule has 0 fully saturated rings. The number of aromatic carboxylic acids is 1. The van der Waals surface area contributed by atoms with Gasteiger partial charge in [-0.2, -0.15) is 0 Å². The lowest BCUT2D eigenvalue weighted by Gasteiger charge is -2.10. The predicted molar refractivity (Wildman–Crippen MR) is 76.9 cm³/mol. The summed E-state index contributed by atoms with van der Waals surface area (Å²) in [6, 6.07) is 7.85. The number of benzene rings is 1. The summed E-state index contributed by atoms with van der Waals surface area (Å²) in [5.41, 5.74) is 6.62. The predicted octanol–water partition coefficient (Wildman–Crippen LogP) is 2.77. The number of nitrogens with zero attached hydrogens (tertiary/aromatic N) is 1. The third-order valence-corrected chi connectivity index (χ3v) is 2.86. The van der Waals surface area contributed by atoms with Crippen LogP contribution in [-0.2, 0) is 0 Å². The van der Waals surface area contributed by atoms with E-state index < -0.39 is 5.97 Å². The van der Waals surface area contributed by atoms with Gasteiger partial charge in [-0.1, -0.05) is 11.6 Å². The van der Waals surface area contributed by atoms with E-state index in [1.807, 2.05) is 0 Å². The van der Waals surface area contributed by atoms with Crippen molar-refractivity contribution in [1.29, 1.82) is 0 Å². The van der Waals surface area contributed by atoms with Gasteiger partial charge in [-0.15, -0.1) is 0 Å². The first-order valence-electron chi connectivity index (χ1n) is 5.61. The van der Waals surface area contributed by atoms with Gasteiger partial charge in [0.1, 0.15) is 5.75 Å². The molecule has 104 valence electrons. The van der Waals surface area contributed by atoms with Gasteiger partial charge in [0.2, 0.25) is 0 Å². The van der Waals surface area contributed by atoms with Crippen LogP contribution < -0.4 is 15.8 Å². The van der Waals surface area contributed by atoms with Crippen LogP contribution in [0.5, 0.6) is 5.75 Å². The molecule has 0 amide bonds. The Morgan fingerprint density at radius 2 is 2.15 bits per heavy atom. The lowest BCUT2D eigenvalue weighted by molar-refractivity contribution is 0.0690. The summed E-state index contributed by atoms with van der Waals surface area (Å²) < 4.78 is 5.05. The molecule has 1 aromatic heterocycles. The van der Waals surface area contributed by atoms with Gasteiger partial charge in [0.05, 0.1) is 17.8 Å². The van der Waals surface area contributed by atoms with Gasteiger partial charge in [0, 0.05) is 5.69 Å². The molecule has 1 heterocycles. The van der Waals surface area contributed by atoms with E-state index in [9.17, 15) is 4.79 Å². The van der Waals surface area contributed by atoms with Gasteiger partial charge >= 0.3 is 5.97 Å². The molecule has 20 heavy (non-hydrogen) atoms. The number of methoxy groups -OCH3 is 1.